The van der Waals surface area contributed by atoms with Gasteiger partial charge in [0.15, 0.2) is 0 Å². The molecule has 0 atom stereocenters. The number of rotatable bonds is 2. The zero-order valence-electron chi connectivity index (χ0n) is 5.64. The SMILES string of the molecule is C[Si](C)(C)C=CC=O. The van der Waals surface area contributed by atoms with E-state index in [0.717, 1.165) is 6.29 Å². The second kappa shape index (κ2) is 2.82. The Labute approximate surface area is 51.4 Å². The Morgan fingerprint density at radius 3 is 1.88 bits per heavy atom. The fourth-order valence-electron chi connectivity index (χ4n) is 0.328. The summed E-state index contributed by atoms with van der Waals surface area (Å²) in [5.41, 5.74) is 2.01. The second-order valence-electron chi connectivity index (χ2n) is 2.86. The van der Waals surface area contributed by atoms with Crippen LogP contribution in [0.4, 0.5) is 0 Å². The molecule has 0 aromatic heterocycles. The van der Waals surface area contributed by atoms with Crippen molar-refractivity contribution in [3.05, 3.63) is 11.8 Å². The number of aldehydes is 1. The van der Waals surface area contributed by atoms with Crippen molar-refractivity contribution in [1.29, 1.82) is 0 Å². The van der Waals surface area contributed by atoms with Crippen LogP contribution in [0.3, 0.4) is 0 Å². The van der Waals surface area contributed by atoms with Crippen molar-refractivity contribution < 1.29 is 4.79 Å². The van der Waals surface area contributed by atoms with Gasteiger partial charge in [-0.25, -0.2) is 0 Å². The first-order valence-electron chi connectivity index (χ1n) is 2.69. The quantitative estimate of drug-likeness (QED) is 0.314. The number of allylic oxidation sites excluding steroid dienone is 1. The normalized spacial score (nSPS) is 12.4. The van der Waals surface area contributed by atoms with E-state index >= 15 is 0 Å². The molecule has 0 radical (unpaired) electrons. The summed E-state index contributed by atoms with van der Waals surface area (Å²) in [4.78, 5) is 9.79. The van der Waals surface area contributed by atoms with Crippen LogP contribution in [0.5, 0.6) is 0 Å². The van der Waals surface area contributed by atoms with E-state index in [1.165, 1.54) is 0 Å². The molecule has 0 spiro atoms. The van der Waals surface area contributed by atoms with Gasteiger partial charge in [-0.05, 0) is 6.08 Å². The number of hydrogen-bond donors (Lipinski definition) is 0. The monoisotopic (exact) mass is 128 g/mol. The highest BCUT2D eigenvalue weighted by Gasteiger charge is 2.05. The lowest BCUT2D eigenvalue weighted by Crippen LogP contribution is -2.15. The lowest BCUT2D eigenvalue weighted by atomic mass is 10.7. The van der Waals surface area contributed by atoms with Crippen molar-refractivity contribution in [1.82, 2.24) is 0 Å². The van der Waals surface area contributed by atoms with Crippen LogP contribution >= 0.6 is 0 Å². The zero-order valence-corrected chi connectivity index (χ0v) is 6.64. The van der Waals surface area contributed by atoms with Crippen LogP contribution in [0.2, 0.25) is 19.6 Å². The van der Waals surface area contributed by atoms with Gasteiger partial charge in [-0.2, -0.15) is 0 Å². The fraction of sp³-hybridized carbons (Fsp3) is 0.500. The van der Waals surface area contributed by atoms with Crippen molar-refractivity contribution in [2.45, 2.75) is 19.6 Å². The van der Waals surface area contributed by atoms with Gasteiger partial charge >= 0.3 is 0 Å². The molecule has 1 nitrogen and oxygen atoms in total. The zero-order chi connectivity index (χ0) is 6.62. The third kappa shape index (κ3) is 5.63. The van der Waals surface area contributed by atoms with Crippen molar-refractivity contribution in [2.75, 3.05) is 0 Å². The summed E-state index contributed by atoms with van der Waals surface area (Å²) >= 11 is 0. The minimum atomic E-state index is -1.09. The van der Waals surface area contributed by atoms with Gasteiger partial charge in [0, 0.05) is 0 Å². The molecule has 2 heteroatoms. The van der Waals surface area contributed by atoms with E-state index in [9.17, 15) is 4.79 Å². The molecular weight excluding hydrogens is 116 g/mol. The van der Waals surface area contributed by atoms with E-state index in [1.807, 2.05) is 5.70 Å². The number of carbonyl (C=O) groups excluding carboxylic acids is 1. The minimum absolute atomic E-state index is 0.832. The van der Waals surface area contributed by atoms with Crippen molar-refractivity contribution in [3.63, 3.8) is 0 Å². The summed E-state index contributed by atoms with van der Waals surface area (Å²) in [5, 5.41) is 0. The molecule has 0 fully saturated rings. The molecule has 0 aliphatic carbocycles. The lowest BCUT2D eigenvalue weighted by molar-refractivity contribution is -0.104. The van der Waals surface area contributed by atoms with E-state index in [4.69, 9.17) is 0 Å². The van der Waals surface area contributed by atoms with Crippen LogP contribution in [0.25, 0.3) is 0 Å². The maximum Gasteiger partial charge on any atom is 0.142 e. The number of hydrogen-bond acceptors (Lipinski definition) is 1. The highest BCUT2D eigenvalue weighted by Crippen LogP contribution is 1.99. The van der Waals surface area contributed by atoms with E-state index in [0.29, 0.717) is 0 Å². The van der Waals surface area contributed by atoms with Crippen molar-refractivity contribution >= 4 is 14.4 Å². The molecule has 8 heavy (non-hydrogen) atoms. The van der Waals surface area contributed by atoms with Gasteiger partial charge in [-0.15, -0.1) is 0 Å². The van der Waals surface area contributed by atoms with Gasteiger partial charge < -0.3 is 0 Å². The molecule has 0 bridgehead atoms. The molecule has 0 amide bonds. The molecule has 46 valence electrons. The molecule has 0 N–H and O–H groups in total. The molecular formula is C6H12OSi. The van der Waals surface area contributed by atoms with Crippen LogP contribution < -0.4 is 0 Å². The van der Waals surface area contributed by atoms with Gasteiger partial charge in [0.1, 0.15) is 6.29 Å². The van der Waals surface area contributed by atoms with E-state index < -0.39 is 8.07 Å². The largest absolute Gasteiger partial charge is 0.299 e. The number of carbonyl (C=O) groups is 1. The topological polar surface area (TPSA) is 17.1 Å². The maximum absolute atomic E-state index is 9.79. The molecule has 0 saturated heterocycles. The average Bonchev–Trinajstić information content (AvgIpc) is 1.59. The Morgan fingerprint density at radius 2 is 1.75 bits per heavy atom. The summed E-state index contributed by atoms with van der Waals surface area (Å²) in [7, 11) is -1.09. The van der Waals surface area contributed by atoms with Gasteiger partial charge in [0.05, 0.1) is 8.07 Å². The van der Waals surface area contributed by atoms with Gasteiger partial charge in [-0.1, -0.05) is 25.3 Å². The average molecular weight is 128 g/mol. The molecule has 0 aliphatic heterocycles. The Morgan fingerprint density at radius 1 is 1.25 bits per heavy atom. The predicted octanol–water partition coefficient (Wildman–Crippen LogP) is 1.62. The molecule has 0 aromatic carbocycles. The Balaban J connectivity index is 3.69. The summed E-state index contributed by atoms with van der Waals surface area (Å²) < 4.78 is 0. The summed E-state index contributed by atoms with van der Waals surface area (Å²) in [6, 6.07) is 0. The molecule has 0 saturated carbocycles. The molecule has 0 unspecified atom stereocenters. The Hall–Kier alpha value is -0.373. The Kier molecular flexibility index (Phi) is 2.69. The van der Waals surface area contributed by atoms with Crippen LogP contribution in [-0.4, -0.2) is 14.4 Å². The third-order valence-electron chi connectivity index (χ3n) is 0.675. The van der Waals surface area contributed by atoms with Crippen LogP contribution in [0.15, 0.2) is 11.8 Å². The first-order chi connectivity index (χ1) is 3.56. The first kappa shape index (κ1) is 7.63. The minimum Gasteiger partial charge on any atom is -0.299 e. The highest BCUT2D eigenvalue weighted by molar-refractivity contribution is 6.81. The third-order valence-corrected chi connectivity index (χ3v) is 1.87. The standard InChI is InChI=1S/C6H12OSi/c1-8(2,3)6-4-5-7/h4-6H,1-3H3. The molecule has 0 aromatic rings. The highest BCUT2D eigenvalue weighted by atomic mass is 28.3. The van der Waals surface area contributed by atoms with Crippen LogP contribution in [0.1, 0.15) is 0 Å². The first-order valence-corrected chi connectivity index (χ1v) is 6.27. The Bertz CT molecular complexity index is 99.6. The predicted molar refractivity (Wildman–Crippen MR) is 38.5 cm³/mol. The summed E-state index contributed by atoms with van der Waals surface area (Å²) in [6.07, 6.45) is 2.42. The molecule has 0 rings (SSSR count). The molecule has 0 heterocycles. The summed E-state index contributed by atoms with van der Waals surface area (Å²) in [6.45, 7) is 6.56. The van der Waals surface area contributed by atoms with Crippen LogP contribution in [0, 0.1) is 0 Å². The molecule has 0 aliphatic rings. The smallest absolute Gasteiger partial charge is 0.142 e. The maximum atomic E-state index is 9.79. The van der Waals surface area contributed by atoms with Crippen molar-refractivity contribution in [3.8, 4) is 0 Å². The van der Waals surface area contributed by atoms with Gasteiger partial charge in [-0.3, -0.25) is 4.79 Å². The van der Waals surface area contributed by atoms with E-state index in [-0.39, 0.29) is 0 Å². The lowest BCUT2D eigenvalue weighted by Gasteiger charge is -2.05. The van der Waals surface area contributed by atoms with Crippen molar-refractivity contribution in [2.24, 2.45) is 0 Å². The van der Waals surface area contributed by atoms with Gasteiger partial charge in [0.2, 0.25) is 0 Å². The van der Waals surface area contributed by atoms with Crippen LogP contribution in [-0.2, 0) is 4.79 Å². The summed E-state index contributed by atoms with van der Waals surface area (Å²) in [5.74, 6) is 0. The second-order valence-corrected chi connectivity index (χ2v) is 7.93. The van der Waals surface area contributed by atoms with E-state index in [2.05, 4.69) is 19.6 Å². The van der Waals surface area contributed by atoms with E-state index in [1.54, 1.807) is 6.08 Å². The fourth-order valence-corrected chi connectivity index (χ4v) is 0.984. The van der Waals surface area contributed by atoms with Gasteiger partial charge in [0.25, 0.3) is 0 Å².